The number of nitrogens with zero attached hydrogens (tertiary/aromatic N) is 1. The Bertz CT molecular complexity index is 970. The number of carbonyl (C=O) groups is 1. The van der Waals surface area contributed by atoms with E-state index in [0.717, 1.165) is 11.1 Å². The van der Waals surface area contributed by atoms with Gasteiger partial charge in [0.25, 0.3) is 5.91 Å². The van der Waals surface area contributed by atoms with Crippen LogP contribution in [-0.4, -0.2) is 28.4 Å². The molecule has 0 saturated heterocycles. The van der Waals surface area contributed by atoms with Crippen LogP contribution in [0.4, 0.5) is 0 Å². The standard InChI is InChI=1S/C22H20N2O4/c1-15(22(27)24-23-14-18-7-10-19(25)13-21(18)26)28-20-11-8-17(9-12-20)16-5-3-2-4-6-16/h2-15,25-26H,1H3,(H,24,27)/b23-14+. The second-order valence-electron chi connectivity index (χ2n) is 6.13. The van der Waals surface area contributed by atoms with Crippen LogP contribution in [0.15, 0.2) is 77.9 Å². The molecule has 0 fully saturated rings. The topological polar surface area (TPSA) is 91.2 Å². The quantitative estimate of drug-likeness (QED) is 0.452. The maximum Gasteiger partial charge on any atom is 0.280 e. The molecule has 1 amide bonds. The Morgan fingerprint density at radius 3 is 2.36 bits per heavy atom. The van der Waals surface area contributed by atoms with E-state index >= 15 is 0 Å². The smallest absolute Gasteiger partial charge is 0.280 e. The molecular weight excluding hydrogens is 356 g/mol. The summed E-state index contributed by atoms with van der Waals surface area (Å²) in [5, 5.41) is 22.7. The lowest BCUT2D eigenvalue weighted by molar-refractivity contribution is -0.127. The van der Waals surface area contributed by atoms with Gasteiger partial charge in [-0.1, -0.05) is 42.5 Å². The van der Waals surface area contributed by atoms with Gasteiger partial charge in [0, 0.05) is 11.6 Å². The largest absolute Gasteiger partial charge is 0.508 e. The van der Waals surface area contributed by atoms with Crippen molar-refractivity contribution in [2.45, 2.75) is 13.0 Å². The average Bonchev–Trinajstić information content (AvgIpc) is 2.70. The maximum absolute atomic E-state index is 12.1. The molecule has 6 nitrogen and oxygen atoms in total. The molecular formula is C22H20N2O4. The highest BCUT2D eigenvalue weighted by Crippen LogP contribution is 2.23. The summed E-state index contributed by atoms with van der Waals surface area (Å²) in [4.78, 5) is 12.1. The van der Waals surface area contributed by atoms with Gasteiger partial charge < -0.3 is 14.9 Å². The van der Waals surface area contributed by atoms with Crippen LogP contribution in [-0.2, 0) is 4.79 Å². The van der Waals surface area contributed by atoms with Crippen molar-refractivity contribution >= 4 is 12.1 Å². The van der Waals surface area contributed by atoms with Gasteiger partial charge in [-0.15, -0.1) is 0 Å². The zero-order valence-corrected chi connectivity index (χ0v) is 15.2. The van der Waals surface area contributed by atoms with Crippen molar-refractivity contribution in [1.29, 1.82) is 0 Å². The van der Waals surface area contributed by atoms with Crippen LogP contribution >= 0.6 is 0 Å². The number of aromatic hydroxyl groups is 2. The van der Waals surface area contributed by atoms with Gasteiger partial charge in [-0.2, -0.15) is 5.10 Å². The normalized spacial score (nSPS) is 11.9. The first-order chi connectivity index (χ1) is 13.5. The summed E-state index contributed by atoms with van der Waals surface area (Å²) < 4.78 is 5.64. The van der Waals surface area contributed by atoms with Gasteiger partial charge in [0.2, 0.25) is 0 Å². The van der Waals surface area contributed by atoms with E-state index in [0.29, 0.717) is 11.3 Å². The van der Waals surface area contributed by atoms with Gasteiger partial charge in [-0.25, -0.2) is 5.43 Å². The Kier molecular flexibility index (Phi) is 5.91. The van der Waals surface area contributed by atoms with E-state index in [2.05, 4.69) is 10.5 Å². The first-order valence-corrected chi connectivity index (χ1v) is 8.70. The molecule has 28 heavy (non-hydrogen) atoms. The fourth-order valence-electron chi connectivity index (χ4n) is 2.51. The number of phenols is 2. The SMILES string of the molecule is CC(Oc1ccc(-c2ccccc2)cc1)C(=O)N/N=C/c1ccc(O)cc1O. The number of benzene rings is 3. The highest BCUT2D eigenvalue weighted by Gasteiger charge is 2.14. The van der Waals surface area contributed by atoms with E-state index in [4.69, 9.17) is 4.74 Å². The monoisotopic (exact) mass is 376 g/mol. The van der Waals surface area contributed by atoms with Gasteiger partial charge in [0.15, 0.2) is 6.10 Å². The van der Waals surface area contributed by atoms with Gasteiger partial charge in [0.1, 0.15) is 17.2 Å². The average molecular weight is 376 g/mol. The number of rotatable bonds is 6. The molecule has 1 unspecified atom stereocenters. The molecule has 3 N–H and O–H groups in total. The number of hydrogen-bond acceptors (Lipinski definition) is 5. The van der Waals surface area contributed by atoms with Crippen LogP contribution in [0.25, 0.3) is 11.1 Å². The number of ether oxygens (including phenoxy) is 1. The van der Waals surface area contributed by atoms with Gasteiger partial charge >= 0.3 is 0 Å². The van der Waals surface area contributed by atoms with Crippen molar-refractivity contribution < 1.29 is 19.7 Å². The molecule has 0 saturated carbocycles. The minimum Gasteiger partial charge on any atom is -0.508 e. The third-order valence-electron chi connectivity index (χ3n) is 4.04. The number of carbonyl (C=O) groups excluding carboxylic acids is 1. The van der Waals surface area contributed by atoms with Crippen LogP contribution in [0.3, 0.4) is 0 Å². The number of nitrogens with one attached hydrogen (secondary N) is 1. The van der Waals surface area contributed by atoms with Crippen LogP contribution in [0.2, 0.25) is 0 Å². The van der Waals surface area contributed by atoms with Gasteiger partial charge in [-0.05, 0) is 42.3 Å². The van der Waals surface area contributed by atoms with E-state index in [-0.39, 0.29) is 11.5 Å². The molecule has 3 aromatic rings. The minimum absolute atomic E-state index is 0.0565. The van der Waals surface area contributed by atoms with Crippen molar-refractivity contribution in [1.82, 2.24) is 5.43 Å². The second kappa shape index (κ2) is 8.73. The molecule has 0 aliphatic carbocycles. The predicted molar refractivity (Wildman–Crippen MR) is 107 cm³/mol. The Labute approximate surface area is 162 Å². The number of hydrogen-bond donors (Lipinski definition) is 3. The summed E-state index contributed by atoms with van der Waals surface area (Å²) in [5.41, 5.74) is 4.89. The Balaban J connectivity index is 1.56. The Morgan fingerprint density at radius 2 is 1.68 bits per heavy atom. The maximum atomic E-state index is 12.1. The van der Waals surface area contributed by atoms with Crippen molar-refractivity contribution in [3.63, 3.8) is 0 Å². The lowest BCUT2D eigenvalue weighted by atomic mass is 10.1. The molecule has 1 atom stereocenters. The minimum atomic E-state index is -0.756. The van der Waals surface area contributed by atoms with E-state index in [9.17, 15) is 15.0 Å². The first-order valence-electron chi connectivity index (χ1n) is 8.70. The molecule has 0 spiro atoms. The highest BCUT2D eigenvalue weighted by atomic mass is 16.5. The van der Waals surface area contributed by atoms with Crippen LogP contribution < -0.4 is 10.2 Å². The number of amides is 1. The van der Waals surface area contributed by atoms with E-state index in [1.165, 1.54) is 24.4 Å². The summed E-state index contributed by atoms with van der Waals surface area (Å²) in [6.45, 7) is 1.62. The Hall–Kier alpha value is -3.80. The fourth-order valence-corrected chi connectivity index (χ4v) is 2.51. The third-order valence-corrected chi connectivity index (χ3v) is 4.04. The fraction of sp³-hybridized carbons (Fsp3) is 0.0909. The molecule has 0 aliphatic rings. The molecule has 0 aromatic heterocycles. The molecule has 3 aromatic carbocycles. The zero-order chi connectivity index (χ0) is 19.9. The van der Waals surface area contributed by atoms with E-state index in [1.807, 2.05) is 54.6 Å². The second-order valence-corrected chi connectivity index (χ2v) is 6.13. The predicted octanol–water partition coefficient (Wildman–Crippen LogP) is 3.68. The first kappa shape index (κ1) is 19.0. The van der Waals surface area contributed by atoms with Gasteiger partial charge in [0.05, 0.1) is 6.21 Å². The number of hydrazone groups is 1. The summed E-state index contributed by atoms with van der Waals surface area (Å²) in [5.74, 6) is -0.0519. The summed E-state index contributed by atoms with van der Waals surface area (Å²) in [7, 11) is 0. The van der Waals surface area contributed by atoms with Crippen molar-refractivity contribution in [3.05, 3.63) is 78.4 Å². The Morgan fingerprint density at radius 1 is 1.00 bits per heavy atom. The van der Waals surface area contributed by atoms with Crippen LogP contribution in [0.1, 0.15) is 12.5 Å². The van der Waals surface area contributed by atoms with Gasteiger partial charge in [-0.3, -0.25) is 4.79 Å². The van der Waals surface area contributed by atoms with E-state index < -0.39 is 12.0 Å². The molecule has 6 heteroatoms. The molecule has 142 valence electrons. The van der Waals surface area contributed by atoms with Crippen LogP contribution in [0, 0.1) is 0 Å². The molecule has 0 aliphatic heterocycles. The zero-order valence-electron chi connectivity index (χ0n) is 15.2. The van der Waals surface area contributed by atoms with E-state index in [1.54, 1.807) is 6.92 Å². The number of phenolic OH excluding ortho intramolecular Hbond substituents is 2. The summed E-state index contributed by atoms with van der Waals surface area (Å²) >= 11 is 0. The molecule has 0 bridgehead atoms. The molecule has 3 rings (SSSR count). The molecule has 0 heterocycles. The summed E-state index contributed by atoms with van der Waals surface area (Å²) in [6.07, 6.45) is 0.529. The lowest BCUT2D eigenvalue weighted by Gasteiger charge is -2.13. The van der Waals surface area contributed by atoms with Crippen molar-refractivity contribution in [3.8, 4) is 28.4 Å². The highest BCUT2D eigenvalue weighted by molar-refractivity contribution is 5.86. The van der Waals surface area contributed by atoms with Crippen molar-refractivity contribution in [2.75, 3.05) is 0 Å². The molecule has 0 radical (unpaired) electrons. The summed E-state index contributed by atoms with van der Waals surface area (Å²) in [6, 6.07) is 21.5. The third kappa shape index (κ3) is 4.88. The lowest BCUT2D eigenvalue weighted by Crippen LogP contribution is -2.33. The van der Waals surface area contributed by atoms with Crippen molar-refractivity contribution in [2.24, 2.45) is 5.10 Å². The van der Waals surface area contributed by atoms with Crippen LogP contribution in [0.5, 0.6) is 17.2 Å².